The van der Waals surface area contributed by atoms with E-state index in [1.165, 1.54) is 0 Å². The number of amides is 2. The minimum absolute atomic E-state index is 0.0769. The van der Waals surface area contributed by atoms with Crippen molar-refractivity contribution in [1.82, 2.24) is 10.6 Å². The van der Waals surface area contributed by atoms with Crippen molar-refractivity contribution >= 4 is 34.6 Å². The van der Waals surface area contributed by atoms with Crippen LogP contribution in [0.5, 0.6) is 0 Å². The molecule has 0 atom stereocenters. The van der Waals surface area contributed by atoms with Crippen molar-refractivity contribution in [2.24, 2.45) is 0 Å². The molecule has 0 saturated carbocycles. The second kappa shape index (κ2) is 11.0. The Hall–Kier alpha value is -5.02. The normalized spacial score (nSPS) is 10.2. The molecule has 16 heteroatoms. The average molecular weight is 476 g/mol. The van der Waals surface area contributed by atoms with Gasteiger partial charge in [0.25, 0.3) is 34.6 Å². The maximum Gasteiger partial charge on any atom is 0.277 e. The van der Waals surface area contributed by atoms with Gasteiger partial charge in [-0.15, -0.1) is 0 Å². The van der Waals surface area contributed by atoms with Gasteiger partial charge in [0.05, 0.1) is 43.0 Å². The van der Waals surface area contributed by atoms with Crippen LogP contribution < -0.4 is 10.6 Å². The van der Waals surface area contributed by atoms with Crippen molar-refractivity contribution in [3.8, 4) is 0 Å². The highest BCUT2D eigenvalue weighted by Gasteiger charge is 2.21. The lowest BCUT2D eigenvalue weighted by Crippen LogP contribution is -2.27. The molecule has 16 nitrogen and oxygen atoms in total. The highest BCUT2D eigenvalue weighted by Crippen LogP contribution is 2.23. The molecule has 0 aromatic heterocycles. The quantitative estimate of drug-likeness (QED) is 0.273. The topological polar surface area (TPSA) is 231 Å². The van der Waals surface area contributed by atoms with E-state index in [-0.39, 0.29) is 24.2 Å². The molecule has 0 unspecified atom stereocenters. The zero-order valence-electron chi connectivity index (χ0n) is 17.2. The molecule has 0 heterocycles. The van der Waals surface area contributed by atoms with Crippen LogP contribution in [-0.2, 0) is 0 Å². The van der Waals surface area contributed by atoms with E-state index in [1.54, 1.807) is 0 Å². The molecule has 2 rings (SSSR count). The Morgan fingerprint density at radius 3 is 1.06 bits per heavy atom. The van der Waals surface area contributed by atoms with Gasteiger partial charge in [0, 0.05) is 37.4 Å². The number of carbonyl (C=O) groups is 2. The SMILES string of the molecule is O=C(NCCCCNC(=O)c1cc([N+](=O)[O-])cc([N+](=O)[O-])c1)c1cc([N+](=O)[O-])cc([N+](=O)[O-])c1. The molecular weight excluding hydrogens is 460 g/mol. The summed E-state index contributed by atoms with van der Waals surface area (Å²) in [7, 11) is 0. The predicted molar refractivity (Wildman–Crippen MR) is 113 cm³/mol. The van der Waals surface area contributed by atoms with Crippen molar-refractivity contribution in [2.75, 3.05) is 13.1 Å². The molecular formula is C18H16N6O10. The molecule has 0 aliphatic carbocycles. The molecule has 2 aromatic rings. The number of nitrogens with one attached hydrogen (secondary N) is 2. The van der Waals surface area contributed by atoms with Crippen LogP contribution in [0.25, 0.3) is 0 Å². The van der Waals surface area contributed by atoms with E-state index < -0.39 is 54.3 Å². The Balaban J connectivity index is 1.87. The first-order chi connectivity index (χ1) is 16.0. The van der Waals surface area contributed by atoms with Crippen LogP contribution >= 0.6 is 0 Å². The largest absolute Gasteiger partial charge is 0.352 e. The van der Waals surface area contributed by atoms with Crippen LogP contribution in [0.15, 0.2) is 36.4 Å². The Bertz CT molecular complexity index is 1030. The number of hydrogen-bond donors (Lipinski definition) is 2. The Kier molecular flexibility index (Phi) is 8.19. The second-order valence-corrected chi connectivity index (χ2v) is 6.72. The van der Waals surface area contributed by atoms with E-state index in [0.29, 0.717) is 12.8 Å². The Morgan fingerprint density at radius 1 is 0.559 bits per heavy atom. The number of non-ortho nitro benzene ring substituents is 4. The molecule has 0 saturated heterocycles. The van der Waals surface area contributed by atoms with Gasteiger partial charge in [-0.25, -0.2) is 0 Å². The highest BCUT2D eigenvalue weighted by atomic mass is 16.6. The van der Waals surface area contributed by atoms with Crippen molar-refractivity contribution in [1.29, 1.82) is 0 Å². The lowest BCUT2D eigenvalue weighted by molar-refractivity contribution is -0.394. The summed E-state index contributed by atoms with van der Waals surface area (Å²) in [4.78, 5) is 64.5. The van der Waals surface area contributed by atoms with E-state index in [0.717, 1.165) is 36.4 Å². The van der Waals surface area contributed by atoms with E-state index in [9.17, 15) is 50.0 Å². The molecule has 178 valence electrons. The fourth-order valence-corrected chi connectivity index (χ4v) is 2.73. The fraction of sp³-hybridized carbons (Fsp3) is 0.222. The number of rotatable bonds is 11. The Labute approximate surface area is 189 Å². The molecule has 2 N–H and O–H groups in total. The summed E-state index contributed by atoms with van der Waals surface area (Å²) >= 11 is 0. The molecule has 0 fully saturated rings. The number of unbranched alkanes of at least 4 members (excludes halogenated alkanes) is 1. The summed E-state index contributed by atoms with van der Waals surface area (Å²) in [6.07, 6.45) is 0.663. The minimum atomic E-state index is -0.859. The van der Waals surface area contributed by atoms with E-state index in [2.05, 4.69) is 10.6 Å². The second-order valence-electron chi connectivity index (χ2n) is 6.72. The standard InChI is InChI=1S/C18H16N6O10/c25-17(11-5-13(21(27)28)9-14(6-11)22(29)30)19-3-1-2-4-20-18(26)12-7-15(23(31)32)10-16(8-12)24(33)34/h5-10H,1-4H2,(H,19,25)(H,20,26). The molecule has 34 heavy (non-hydrogen) atoms. The molecule has 0 bridgehead atoms. The number of carbonyl (C=O) groups excluding carboxylic acids is 2. The molecule has 0 radical (unpaired) electrons. The van der Waals surface area contributed by atoms with Crippen LogP contribution in [0.2, 0.25) is 0 Å². The van der Waals surface area contributed by atoms with Gasteiger partial charge in [0.1, 0.15) is 0 Å². The van der Waals surface area contributed by atoms with E-state index in [4.69, 9.17) is 0 Å². The van der Waals surface area contributed by atoms with Crippen LogP contribution in [0.1, 0.15) is 33.6 Å². The van der Waals surface area contributed by atoms with Crippen LogP contribution in [0, 0.1) is 40.5 Å². The summed E-state index contributed by atoms with van der Waals surface area (Å²) in [5.41, 5.74) is -2.96. The molecule has 2 amide bonds. The molecule has 0 aliphatic rings. The third-order valence-electron chi connectivity index (χ3n) is 4.35. The van der Waals surface area contributed by atoms with Gasteiger partial charge in [-0.3, -0.25) is 50.0 Å². The zero-order valence-corrected chi connectivity index (χ0v) is 17.2. The predicted octanol–water partition coefficient (Wildman–Crippen LogP) is 2.26. The van der Waals surface area contributed by atoms with Crippen LogP contribution in [0.3, 0.4) is 0 Å². The number of nitrogens with zero attached hydrogens (tertiary/aromatic N) is 4. The van der Waals surface area contributed by atoms with Crippen molar-refractivity contribution in [3.63, 3.8) is 0 Å². The van der Waals surface area contributed by atoms with Gasteiger partial charge in [-0.2, -0.15) is 0 Å². The van der Waals surface area contributed by atoms with Crippen molar-refractivity contribution < 1.29 is 29.3 Å². The smallest absolute Gasteiger partial charge is 0.277 e. The molecule has 0 spiro atoms. The first-order valence-corrected chi connectivity index (χ1v) is 9.43. The third-order valence-corrected chi connectivity index (χ3v) is 4.35. The molecule has 0 aliphatic heterocycles. The maximum absolute atomic E-state index is 12.2. The average Bonchev–Trinajstić information content (AvgIpc) is 2.80. The summed E-state index contributed by atoms with van der Waals surface area (Å²) < 4.78 is 0. The summed E-state index contributed by atoms with van der Waals surface area (Å²) in [5, 5.41) is 48.5. The molecule has 2 aromatic carbocycles. The van der Waals surface area contributed by atoms with Crippen molar-refractivity contribution in [3.05, 3.63) is 88.0 Å². The summed E-state index contributed by atoms with van der Waals surface area (Å²) in [6.45, 7) is 0.154. The van der Waals surface area contributed by atoms with Gasteiger partial charge in [0.2, 0.25) is 0 Å². The number of benzene rings is 2. The Morgan fingerprint density at radius 2 is 0.824 bits per heavy atom. The lowest BCUT2D eigenvalue weighted by Gasteiger charge is -2.07. The van der Waals surface area contributed by atoms with Gasteiger partial charge in [-0.1, -0.05) is 0 Å². The third kappa shape index (κ3) is 6.74. The summed E-state index contributed by atoms with van der Waals surface area (Å²) in [6, 6.07) is 5.08. The van der Waals surface area contributed by atoms with Gasteiger partial charge in [-0.05, 0) is 12.8 Å². The maximum atomic E-state index is 12.2. The van der Waals surface area contributed by atoms with E-state index >= 15 is 0 Å². The number of nitro benzene ring substituents is 4. The zero-order chi connectivity index (χ0) is 25.4. The fourth-order valence-electron chi connectivity index (χ4n) is 2.73. The van der Waals surface area contributed by atoms with Crippen molar-refractivity contribution in [2.45, 2.75) is 12.8 Å². The van der Waals surface area contributed by atoms with Gasteiger partial charge in [0.15, 0.2) is 0 Å². The monoisotopic (exact) mass is 476 g/mol. The number of hydrogen-bond acceptors (Lipinski definition) is 10. The van der Waals surface area contributed by atoms with Crippen LogP contribution in [0.4, 0.5) is 22.7 Å². The summed E-state index contributed by atoms with van der Waals surface area (Å²) in [5.74, 6) is -1.53. The van der Waals surface area contributed by atoms with E-state index in [1.807, 2.05) is 0 Å². The number of nitro groups is 4. The van der Waals surface area contributed by atoms with Crippen LogP contribution in [-0.4, -0.2) is 44.6 Å². The lowest BCUT2D eigenvalue weighted by atomic mass is 10.1. The van der Waals surface area contributed by atoms with Gasteiger partial charge < -0.3 is 10.6 Å². The first kappa shape index (κ1) is 25.2. The first-order valence-electron chi connectivity index (χ1n) is 9.43. The van der Waals surface area contributed by atoms with Gasteiger partial charge >= 0.3 is 0 Å². The minimum Gasteiger partial charge on any atom is -0.352 e. The highest BCUT2D eigenvalue weighted by molar-refractivity contribution is 5.96.